The van der Waals surface area contributed by atoms with Crippen LogP contribution in [0.2, 0.25) is 0 Å². The lowest BCUT2D eigenvalue weighted by Gasteiger charge is -2.26. The molecule has 1 saturated heterocycles. The lowest BCUT2D eigenvalue weighted by molar-refractivity contribution is 0.294. The molecule has 1 fully saturated rings. The number of ether oxygens (including phenoxy) is 1. The Labute approximate surface area is 193 Å². The van der Waals surface area contributed by atoms with E-state index in [4.69, 9.17) is 9.72 Å². The van der Waals surface area contributed by atoms with E-state index in [1.54, 1.807) is 7.11 Å². The fraction of sp³-hybridized carbons (Fsp3) is 0.222. The van der Waals surface area contributed by atoms with E-state index in [-0.39, 0.29) is 0 Å². The third-order valence-electron chi connectivity index (χ3n) is 5.82. The number of nitrogens with zero attached hydrogens (tertiary/aromatic N) is 2. The Bertz CT molecular complexity index is 1200. The van der Waals surface area contributed by atoms with Gasteiger partial charge in [-0.3, -0.25) is 4.90 Å². The van der Waals surface area contributed by atoms with Crippen LogP contribution in [0.5, 0.6) is 5.75 Å². The standard InChI is InChI=1S/C27H27N3OS/c1-31-23-11-9-21(10-12-23)26-18-27(24-7-2-3-8-25(24)29-26)28-22-6-4-5-20(17-22)19-30-13-15-32-16-14-30/h2-12,17-18H,13-16,19H2,1H3,(H,28,29). The lowest BCUT2D eigenvalue weighted by atomic mass is 10.1. The number of rotatable bonds is 6. The summed E-state index contributed by atoms with van der Waals surface area (Å²) in [6.07, 6.45) is 0. The van der Waals surface area contributed by atoms with E-state index in [1.165, 1.54) is 30.2 Å². The first kappa shape index (κ1) is 20.9. The van der Waals surface area contributed by atoms with Gasteiger partial charge < -0.3 is 10.1 Å². The highest BCUT2D eigenvalue weighted by Gasteiger charge is 2.12. The number of methoxy groups -OCH3 is 1. The van der Waals surface area contributed by atoms with E-state index in [9.17, 15) is 0 Å². The highest BCUT2D eigenvalue weighted by atomic mass is 32.2. The van der Waals surface area contributed by atoms with Crippen molar-refractivity contribution >= 4 is 34.0 Å². The van der Waals surface area contributed by atoms with Gasteiger partial charge in [-0.1, -0.05) is 30.3 Å². The Kier molecular flexibility index (Phi) is 6.28. The summed E-state index contributed by atoms with van der Waals surface area (Å²) in [6, 6.07) is 27.3. The van der Waals surface area contributed by atoms with Crippen molar-refractivity contribution in [2.75, 3.05) is 37.0 Å². The minimum atomic E-state index is 0.844. The third kappa shape index (κ3) is 4.74. The molecule has 0 radical (unpaired) electrons. The quantitative estimate of drug-likeness (QED) is 0.385. The SMILES string of the molecule is COc1ccc(-c2cc(Nc3cccc(CN4CCSCC4)c3)c3ccccc3n2)cc1. The molecule has 3 aromatic carbocycles. The molecule has 0 bridgehead atoms. The molecule has 1 aliphatic rings. The second kappa shape index (κ2) is 9.63. The number of hydrogen-bond acceptors (Lipinski definition) is 5. The predicted octanol–water partition coefficient (Wildman–Crippen LogP) is 6.20. The van der Waals surface area contributed by atoms with Crippen LogP contribution in [0.3, 0.4) is 0 Å². The number of hydrogen-bond donors (Lipinski definition) is 1. The highest BCUT2D eigenvalue weighted by Crippen LogP contribution is 2.31. The van der Waals surface area contributed by atoms with Gasteiger partial charge in [0.1, 0.15) is 5.75 Å². The number of benzene rings is 3. The molecule has 0 unspecified atom stereocenters. The van der Waals surface area contributed by atoms with Crippen molar-refractivity contribution in [1.82, 2.24) is 9.88 Å². The number of aromatic nitrogens is 1. The number of fused-ring (bicyclic) bond motifs is 1. The summed E-state index contributed by atoms with van der Waals surface area (Å²) < 4.78 is 5.31. The largest absolute Gasteiger partial charge is 0.497 e. The summed E-state index contributed by atoms with van der Waals surface area (Å²) in [5, 5.41) is 4.78. The van der Waals surface area contributed by atoms with Crippen LogP contribution in [-0.2, 0) is 6.54 Å². The normalized spacial score (nSPS) is 14.4. The molecule has 5 heteroatoms. The first-order valence-electron chi connectivity index (χ1n) is 11.0. The minimum absolute atomic E-state index is 0.844. The summed E-state index contributed by atoms with van der Waals surface area (Å²) in [6.45, 7) is 3.34. The first-order chi connectivity index (χ1) is 15.8. The first-order valence-corrected chi connectivity index (χ1v) is 12.1. The Hall–Kier alpha value is -3.02. The molecule has 1 aliphatic heterocycles. The van der Waals surface area contributed by atoms with Crippen molar-refractivity contribution in [3.63, 3.8) is 0 Å². The van der Waals surface area contributed by atoms with Crippen molar-refractivity contribution in [2.24, 2.45) is 0 Å². The van der Waals surface area contributed by atoms with Gasteiger partial charge >= 0.3 is 0 Å². The van der Waals surface area contributed by atoms with Gasteiger partial charge in [0.05, 0.1) is 24.0 Å². The zero-order valence-corrected chi connectivity index (χ0v) is 19.1. The van der Waals surface area contributed by atoms with Crippen molar-refractivity contribution in [1.29, 1.82) is 0 Å². The monoisotopic (exact) mass is 441 g/mol. The minimum Gasteiger partial charge on any atom is -0.497 e. The lowest BCUT2D eigenvalue weighted by Crippen LogP contribution is -2.31. The van der Waals surface area contributed by atoms with Crippen LogP contribution < -0.4 is 10.1 Å². The molecular formula is C27H27N3OS. The van der Waals surface area contributed by atoms with Gasteiger partial charge in [-0.25, -0.2) is 4.98 Å². The van der Waals surface area contributed by atoms with Gasteiger partial charge in [-0.15, -0.1) is 0 Å². The Morgan fingerprint density at radius 1 is 0.938 bits per heavy atom. The summed E-state index contributed by atoms with van der Waals surface area (Å²) in [5.41, 5.74) is 6.49. The van der Waals surface area contributed by atoms with Crippen molar-refractivity contribution in [3.8, 4) is 17.0 Å². The zero-order valence-electron chi connectivity index (χ0n) is 18.3. The van der Waals surface area contributed by atoms with Crippen molar-refractivity contribution in [3.05, 3.63) is 84.4 Å². The second-order valence-electron chi connectivity index (χ2n) is 8.01. The molecule has 2 heterocycles. The van der Waals surface area contributed by atoms with Gasteiger partial charge in [0, 0.05) is 47.8 Å². The van der Waals surface area contributed by atoms with Crippen molar-refractivity contribution in [2.45, 2.75) is 6.54 Å². The maximum atomic E-state index is 5.31. The molecule has 0 spiro atoms. The molecule has 4 aromatic rings. The van der Waals surface area contributed by atoms with Crippen molar-refractivity contribution < 1.29 is 4.74 Å². The maximum absolute atomic E-state index is 5.31. The molecule has 5 rings (SSSR count). The van der Waals surface area contributed by atoms with Crippen LogP contribution in [0, 0.1) is 0 Å². The molecule has 0 atom stereocenters. The molecule has 4 nitrogen and oxygen atoms in total. The van der Waals surface area contributed by atoms with E-state index in [2.05, 4.69) is 70.9 Å². The van der Waals surface area contributed by atoms with Gasteiger partial charge in [-0.2, -0.15) is 11.8 Å². The summed E-state index contributed by atoms with van der Waals surface area (Å²) >= 11 is 2.05. The molecule has 32 heavy (non-hydrogen) atoms. The Balaban J connectivity index is 1.46. The topological polar surface area (TPSA) is 37.4 Å². The smallest absolute Gasteiger partial charge is 0.118 e. The number of para-hydroxylation sites is 1. The van der Waals surface area contributed by atoms with E-state index < -0.39 is 0 Å². The molecule has 0 aliphatic carbocycles. The van der Waals surface area contributed by atoms with Gasteiger partial charge in [0.15, 0.2) is 0 Å². The maximum Gasteiger partial charge on any atom is 0.118 e. The zero-order chi connectivity index (χ0) is 21.8. The molecule has 0 saturated carbocycles. The molecular weight excluding hydrogens is 414 g/mol. The van der Waals surface area contributed by atoms with Crippen LogP contribution in [0.25, 0.3) is 22.2 Å². The van der Waals surface area contributed by atoms with E-state index in [0.717, 1.165) is 45.8 Å². The van der Waals surface area contributed by atoms with Gasteiger partial charge in [0.25, 0.3) is 0 Å². The molecule has 1 aromatic heterocycles. The second-order valence-corrected chi connectivity index (χ2v) is 9.24. The van der Waals surface area contributed by atoms with Crippen LogP contribution in [-0.4, -0.2) is 41.6 Å². The molecule has 162 valence electrons. The van der Waals surface area contributed by atoms with E-state index in [1.807, 2.05) is 30.0 Å². The number of anilines is 2. The number of thioether (sulfide) groups is 1. The fourth-order valence-electron chi connectivity index (χ4n) is 4.11. The highest BCUT2D eigenvalue weighted by molar-refractivity contribution is 7.99. The average Bonchev–Trinajstić information content (AvgIpc) is 2.85. The van der Waals surface area contributed by atoms with E-state index >= 15 is 0 Å². The van der Waals surface area contributed by atoms with Crippen LogP contribution >= 0.6 is 11.8 Å². The van der Waals surface area contributed by atoms with Crippen LogP contribution in [0.15, 0.2) is 78.9 Å². The summed E-state index contributed by atoms with van der Waals surface area (Å²) in [4.78, 5) is 7.45. The molecule has 0 amide bonds. The third-order valence-corrected chi connectivity index (χ3v) is 6.76. The van der Waals surface area contributed by atoms with Crippen LogP contribution in [0.4, 0.5) is 11.4 Å². The summed E-state index contributed by atoms with van der Waals surface area (Å²) in [7, 11) is 1.68. The summed E-state index contributed by atoms with van der Waals surface area (Å²) in [5.74, 6) is 3.31. The molecule has 1 N–H and O–H groups in total. The predicted molar refractivity (Wildman–Crippen MR) is 136 cm³/mol. The van der Waals surface area contributed by atoms with Gasteiger partial charge in [-0.05, 0) is 54.1 Å². The fourth-order valence-corrected chi connectivity index (χ4v) is 5.09. The number of nitrogens with one attached hydrogen (secondary N) is 1. The van der Waals surface area contributed by atoms with Crippen LogP contribution in [0.1, 0.15) is 5.56 Å². The number of pyridine rings is 1. The van der Waals surface area contributed by atoms with Gasteiger partial charge in [0.2, 0.25) is 0 Å². The van der Waals surface area contributed by atoms with E-state index in [0.29, 0.717) is 0 Å². The Morgan fingerprint density at radius 3 is 2.56 bits per heavy atom. The Morgan fingerprint density at radius 2 is 1.75 bits per heavy atom. The average molecular weight is 442 g/mol.